The van der Waals surface area contributed by atoms with Crippen molar-refractivity contribution in [3.8, 4) is 11.1 Å². The second-order valence-electron chi connectivity index (χ2n) is 5.12. The summed E-state index contributed by atoms with van der Waals surface area (Å²) in [5.41, 5.74) is 2.84. The summed E-state index contributed by atoms with van der Waals surface area (Å²) in [6, 6.07) is 16.0. The molecule has 4 nitrogen and oxygen atoms in total. The topological polar surface area (TPSA) is 54.0 Å². The minimum Gasteiger partial charge on any atom is -0.373 e. The molecule has 4 heteroatoms. The Morgan fingerprint density at radius 1 is 1.13 bits per heavy atom. The molecular formula is C19H17N3O. The Morgan fingerprint density at radius 3 is 2.74 bits per heavy atom. The number of anilines is 2. The Labute approximate surface area is 134 Å². The highest BCUT2D eigenvalue weighted by Gasteiger charge is 2.05. The zero-order valence-electron chi connectivity index (χ0n) is 12.8. The summed E-state index contributed by atoms with van der Waals surface area (Å²) >= 11 is 0. The molecule has 0 radical (unpaired) electrons. The third kappa shape index (κ3) is 3.06. The summed E-state index contributed by atoms with van der Waals surface area (Å²) < 4.78 is 0. The molecule has 0 saturated carbocycles. The van der Waals surface area contributed by atoms with E-state index in [1.54, 1.807) is 6.20 Å². The number of nitrogens with one attached hydrogen (secondary N) is 2. The molecule has 23 heavy (non-hydrogen) atoms. The lowest BCUT2D eigenvalue weighted by molar-refractivity contribution is -0.111. The molecule has 1 amide bonds. The fourth-order valence-electron chi connectivity index (χ4n) is 2.52. The van der Waals surface area contributed by atoms with Gasteiger partial charge >= 0.3 is 0 Å². The zero-order valence-corrected chi connectivity index (χ0v) is 12.8. The molecule has 114 valence electrons. The van der Waals surface area contributed by atoms with Crippen LogP contribution < -0.4 is 10.6 Å². The van der Waals surface area contributed by atoms with Crippen LogP contribution in [0.15, 0.2) is 67.4 Å². The van der Waals surface area contributed by atoms with Crippen LogP contribution in [0, 0.1) is 0 Å². The van der Waals surface area contributed by atoms with Gasteiger partial charge in [-0.15, -0.1) is 0 Å². The molecule has 3 aromatic rings. The number of amides is 1. The number of aromatic nitrogens is 1. The second kappa shape index (κ2) is 6.32. The van der Waals surface area contributed by atoms with E-state index in [2.05, 4.69) is 40.4 Å². The fourth-order valence-corrected chi connectivity index (χ4v) is 2.52. The van der Waals surface area contributed by atoms with Crippen molar-refractivity contribution in [1.82, 2.24) is 4.98 Å². The van der Waals surface area contributed by atoms with E-state index in [1.165, 1.54) is 6.08 Å². The highest BCUT2D eigenvalue weighted by Crippen LogP contribution is 2.29. The number of nitrogens with zero attached hydrogens (tertiary/aromatic N) is 1. The van der Waals surface area contributed by atoms with Crippen LogP contribution in [0.1, 0.15) is 0 Å². The van der Waals surface area contributed by atoms with Gasteiger partial charge in [-0.25, -0.2) is 4.98 Å². The molecule has 0 atom stereocenters. The van der Waals surface area contributed by atoms with Crippen molar-refractivity contribution in [3.63, 3.8) is 0 Å². The molecule has 0 saturated heterocycles. The average molecular weight is 303 g/mol. The van der Waals surface area contributed by atoms with Gasteiger partial charge in [0.25, 0.3) is 0 Å². The lowest BCUT2D eigenvalue weighted by Gasteiger charge is -2.09. The molecule has 0 aliphatic rings. The molecule has 0 aliphatic carbocycles. The Morgan fingerprint density at radius 2 is 1.96 bits per heavy atom. The van der Waals surface area contributed by atoms with Gasteiger partial charge < -0.3 is 10.6 Å². The van der Waals surface area contributed by atoms with Gasteiger partial charge in [-0.05, 0) is 46.9 Å². The summed E-state index contributed by atoms with van der Waals surface area (Å²) in [7, 11) is 1.86. The van der Waals surface area contributed by atoms with Crippen molar-refractivity contribution in [2.24, 2.45) is 0 Å². The number of pyridine rings is 1. The molecule has 0 unspecified atom stereocenters. The van der Waals surface area contributed by atoms with E-state index < -0.39 is 0 Å². The molecular weight excluding hydrogens is 286 g/mol. The van der Waals surface area contributed by atoms with E-state index in [-0.39, 0.29) is 5.91 Å². The monoisotopic (exact) mass is 303 g/mol. The largest absolute Gasteiger partial charge is 0.373 e. The fraction of sp³-hybridized carbons (Fsp3) is 0.0526. The summed E-state index contributed by atoms with van der Waals surface area (Å²) in [6.07, 6.45) is 3.05. The number of hydrogen-bond donors (Lipinski definition) is 2. The van der Waals surface area contributed by atoms with Crippen molar-refractivity contribution >= 4 is 28.2 Å². The number of hydrogen-bond acceptors (Lipinski definition) is 3. The van der Waals surface area contributed by atoms with Crippen molar-refractivity contribution in [2.45, 2.75) is 0 Å². The Balaban J connectivity index is 2.04. The smallest absolute Gasteiger partial charge is 0.247 e. The molecule has 1 heterocycles. The van der Waals surface area contributed by atoms with Crippen LogP contribution in [-0.4, -0.2) is 17.9 Å². The lowest BCUT2D eigenvalue weighted by Crippen LogP contribution is -2.06. The van der Waals surface area contributed by atoms with E-state index in [0.717, 1.165) is 33.4 Å². The Hall–Kier alpha value is -3.14. The summed E-state index contributed by atoms with van der Waals surface area (Å²) in [6.45, 7) is 3.46. The molecule has 2 aromatic carbocycles. The van der Waals surface area contributed by atoms with Crippen LogP contribution in [0.3, 0.4) is 0 Å². The highest BCUT2D eigenvalue weighted by atomic mass is 16.1. The van der Waals surface area contributed by atoms with E-state index in [4.69, 9.17) is 0 Å². The van der Waals surface area contributed by atoms with Crippen LogP contribution in [0.2, 0.25) is 0 Å². The first-order chi connectivity index (χ1) is 11.2. The molecule has 0 aliphatic heterocycles. The molecule has 0 spiro atoms. The van der Waals surface area contributed by atoms with Gasteiger partial charge in [-0.2, -0.15) is 0 Å². The first-order valence-electron chi connectivity index (χ1n) is 7.31. The van der Waals surface area contributed by atoms with Crippen molar-refractivity contribution in [3.05, 3.63) is 67.4 Å². The van der Waals surface area contributed by atoms with Crippen LogP contribution in [0.5, 0.6) is 0 Å². The maximum absolute atomic E-state index is 11.4. The minimum absolute atomic E-state index is 0.220. The Bertz CT molecular complexity index is 887. The third-order valence-corrected chi connectivity index (χ3v) is 3.65. The van der Waals surface area contributed by atoms with Gasteiger partial charge in [0.2, 0.25) is 5.91 Å². The number of benzene rings is 2. The molecule has 0 bridgehead atoms. The van der Waals surface area contributed by atoms with Gasteiger partial charge in [-0.3, -0.25) is 4.79 Å². The number of carbonyl (C=O) groups excluding carboxylic acids is 1. The summed E-state index contributed by atoms with van der Waals surface area (Å²) in [4.78, 5) is 15.8. The van der Waals surface area contributed by atoms with E-state index in [1.807, 2.05) is 37.4 Å². The van der Waals surface area contributed by atoms with Gasteiger partial charge in [0, 0.05) is 24.3 Å². The van der Waals surface area contributed by atoms with E-state index in [0.29, 0.717) is 0 Å². The molecule has 0 fully saturated rings. The SMILES string of the molecule is C=CC(=O)Nc1cccc(-c2ccc3ccnc(NC)c3c2)c1. The normalized spacial score (nSPS) is 10.3. The van der Waals surface area contributed by atoms with Crippen molar-refractivity contribution in [1.29, 1.82) is 0 Å². The quantitative estimate of drug-likeness (QED) is 0.714. The van der Waals surface area contributed by atoms with Gasteiger partial charge in [0.15, 0.2) is 0 Å². The summed E-state index contributed by atoms with van der Waals surface area (Å²) in [5.74, 6) is 0.628. The predicted molar refractivity (Wildman–Crippen MR) is 95.6 cm³/mol. The van der Waals surface area contributed by atoms with Crippen LogP contribution >= 0.6 is 0 Å². The highest BCUT2D eigenvalue weighted by molar-refractivity contribution is 5.99. The van der Waals surface area contributed by atoms with Gasteiger partial charge in [0.1, 0.15) is 5.82 Å². The molecule has 3 rings (SSSR count). The van der Waals surface area contributed by atoms with Crippen LogP contribution in [0.4, 0.5) is 11.5 Å². The minimum atomic E-state index is -0.220. The number of rotatable bonds is 4. The standard InChI is InChI=1S/C19H17N3O/c1-3-18(23)22-16-6-4-5-14(11-16)15-8-7-13-9-10-21-19(20-2)17(13)12-15/h3-12H,1H2,2H3,(H,20,21)(H,22,23). The third-order valence-electron chi connectivity index (χ3n) is 3.65. The van der Waals surface area contributed by atoms with Gasteiger partial charge in [0.05, 0.1) is 0 Å². The van der Waals surface area contributed by atoms with E-state index in [9.17, 15) is 4.79 Å². The predicted octanol–water partition coefficient (Wildman–Crippen LogP) is 4.07. The van der Waals surface area contributed by atoms with E-state index >= 15 is 0 Å². The maximum Gasteiger partial charge on any atom is 0.247 e. The Kier molecular flexibility index (Phi) is 4.06. The first kappa shape index (κ1) is 14.8. The molecule has 2 N–H and O–H groups in total. The zero-order chi connectivity index (χ0) is 16.2. The van der Waals surface area contributed by atoms with Gasteiger partial charge in [-0.1, -0.05) is 30.8 Å². The molecule has 1 aromatic heterocycles. The lowest BCUT2D eigenvalue weighted by atomic mass is 10.0. The second-order valence-corrected chi connectivity index (χ2v) is 5.12. The van der Waals surface area contributed by atoms with Crippen LogP contribution in [-0.2, 0) is 4.79 Å². The maximum atomic E-state index is 11.4. The van der Waals surface area contributed by atoms with Crippen LogP contribution in [0.25, 0.3) is 21.9 Å². The average Bonchev–Trinajstić information content (AvgIpc) is 2.60. The first-order valence-corrected chi connectivity index (χ1v) is 7.31. The van der Waals surface area contributed by atoms with Crippen molar-refractivity contribution < 1.29 is 4.79 Å². The van der Waals surface area contributed by atoms with Crippen molar-refractivity contribution in [2.75, 3.05) is 17.7 Å². The number of carbonyl (C=O) groups is 1. The summed E-state index contributed by atoms with van der Waals surface area (Å²) in [5, 5.41) is 8.09. The number of fused-ring (bicyclic) bond motifs is 1.